The fourth-order valence-corrected chi connectivity index (χ4v) is 3.62. The van der Waals surface area contributed by atoms with Gasteiger partial charge in [0.1, 0.15) is 0 Å². The lowest BCUT2D eigenvalue weighted by atomic mass is 9.72. The third kappa shape index (κ3) is 3.71. The van der Waals surface area contributed by atoms with Crippen LogP contribution < -0.4 is 5.32 Å². The molecule has 0 aromatic rings. The lowest BCUT2D eigenvalue weighted by Crippen LogP contribution is -2.42. The minimum Gasteiger partial charge on any atom is -0.317 e. The van der Waals surface area contributed by atoms with Gasteiger partial charge in [-0.3, -0.25) is 0 Å². The van der Waals surface area contributed by atoms with Crippen LogP contribution in [0.3, 0.4) is 0 Å². The molecular weight excluding hydrogens is 220 g/mol. The fourth-order valence-electron chi connectivity index (χ4n) is 3.62. The first-order valence-electron chi connectivity index (χ1n) is 8.05. The molecule has 0 atom stereocenters. The standard InChI is InChI=1S/C16H32N2/c1-4-16(2,3)15-7-11-18(12-8-15)13-14-5-9-17-10-6-14/h14-15,17H,4-13H2,1-3H3. The van der Waals surface area contributed by atoms with Crippen LogP contribution in [0.1, 0.15) is 52.9 Å². The number of hydrogen-bond donors (Lipinski definition) is 1. The Bertz CT molecular complexity index is 235. The summed E-state index contributed by atoms with van der Waals surface area (Å²) in [4.78, 5) is 2.73. The highest BCUT2D eigenvalue weighted by Crippen LogP contribution is 2.37. The van der Waals surface area contributed by atoms with Crippen LogP contribution in [-0.2, 0) is 0 Å². The van der Waals surface area contributed by atoms with Crippen molar-refractivity contribution in [3.8, 4) is 0 Å². The normalized spacial score (nSPS) is 25.5. The van der Waals surface area contributed by atoms with Crippen LogP contribution in [0.5, 0.6) is 0 Å². The highest BCUT2D eigenvalue weighted by Gasteiger charge is 2.31. The summed E-state index contributed by atoms with van der Waals surface area (Å²) in [6.07, 6.45) is 6.95. The number of nitrogens with one attached hydrogen (secondary N) is 1. The molecule has 2 heterocycles. The van der Waals surface area contributed by atoms with E-state index < -0.39 is 0 Å². The van der Waals surface area contributed by atoms with Crippen molar-refractivity contribution in [3.05, 3.63) is 0 Å². The Morgan fingerprint density at radius 2 is 1.67 bits per heavy atom. The van der Waals surface area contributed by atoms with E-state index in [1.165, 1.54) is 64.8 Å². The molecule has 18 heavy (non-hydrogen) atoms. The molecule has 0 radical (unpaired) electrons. The van der Waals surface area contributed by atoms with Crippen molar-refractivity contribution in [2.45, 2.75) is 52.9 Å². The number of nitrogens with zero attached hydrogens (tertiary/aromatic N) is 1. The van der Waals surface area contributed by atoms with Crippen LogP contribution in [0.2, 0.25) is 0 Å². The monoisotopic (exact) mass is 252 g/mol. The van der Waals surface area contributed by atoms with Crippen LogP contribution in [-0.4, -0.2) is 37.6 Å². The highest BCUT2D eigenvalue weighted by molar-refractivity contribution is 4.84. The van der Waals surface area contributed by atoms with Gasteiger partial charge in [0.2, 0.25) is 0 Å². The molecule has 0 spiro atoms. The van der Waals surface area contributed by atoms with Crippen LogP contribution >= 0.6 is 0 Å². The third-order valence-corrected chi connectivity index (χ3v) is 5.58. The molecule has 2 nitrogen and oxygen atoms in total. The molecule has 2 saturated heterocycles. The minimum absolute atomic E-state index is 0.556. The highest BCUT2D eigenvalue weighted by atomic mass is 15.1. The van der Waals surface area contributed by atoms with Crippen LogP contribution in [0.25, 0.3) is 0 Å². The predicted molar refractivity (Wildman–Crippen MR) is 78.8 cm³/mol. The molecule has 2 aliphatic heterocycles. The van der Waals surface area contributed by atoms with Crippen LogP contribution in [0.4, 0.5) is 0 Å². The molecule has 2 rings (SSSR count). The first-order chi connectivity index (χ1) is 8.62. The lowest BCUT2D eigenvalue weighted by molar-refractivity contribution is 0.0842. The fraction of sp³-hybridized carbons (Fsp3) is 1.00. The lowest BCUT2D eigenvalue weighted by Gasteiger charge is -2.41. The Morgan fingerprint density at radius 1 is 1.06 bits per heavy atom. The van der Waals surface area contributed by atoms with E-state index in [-0.39, 0.29) is 0 Å². The van der Waals surface area contributed by atoms with Gasteiger partial charge in [0, 0.05) is 6.54 Å². The number of likely N-dealkylation sites (tertiary alicyclic amines) is 1. The maximum atomic E-state index is 3.47. The predicted octanol–water partition coefficient (Wildman–Crippen LogP) is 3.13. The van der Waals surface area contributed by atoms with Crippen molar-refractivity contribution < 1.29 is 0 Å². The second-order valence-corrected chi connectivity index (χ2v) is 7.11. The maximum Gasteiger partial charge on any atom is 0.00106 e. The van der Waals surface area contributed by atoms with Crippen molar-refractivity contribution in [1.82, 2.24) is 10.2 Å². The molecule has 2 fully saturated rings. The number of piperidine rings is 2. The number of rotatable bonds is 4. The van der Waals surface area contributed by atoms with E-state index in [2.05, 4.69) is 31.0 Å². The molecule has 106 valence electrons. The van der Waals surface area contributed by atoms with E-state index in [4.69, 9.17) is 0 Å². The topological polar surface area (TPSA) is 15.3 Å². The van der Waals surface area contributed by atoms with E-state index in [0.29, 0.717) is 5.41 Å². The van der Waals surface area contributed by atoms with E-state index in [1.807, 2.05) is 0 Å². The molecule has 0 unspecified atom stereocenters. The Morgan fingerprint density at radius 3 is 2.22 bits per heavy atom. The van der Waals surface area contributed by atoms with E-state index in [0.717, 1.165) is 11.8 Å². The number of hydrogen-bond acceptors (Lipinski definition) is 2. The average molecular weight is 252 g/mol. The molecule has 0 amide bonds. The molecular formula is C16H32N2. The van der Waals surface area contributed by atoms with Crippen LogP contribution in [0.15, 0.2) is 0 Å². The van der Waals surface area contributed by atoms with E-state index in [9.17, 15) is 0 Å². The van der Waals surface area contributed by atoms with Gasteiger partial charge in [-0.25, -0.2) is 0 Å². The first kappa shape index (κ1) is 14.3. The molecule has 1 N–H and O–H groups in total. The smallest absolute Gasteiger partial charge is 0.00106 e. The minimum atomic E-state index is 0.556. The zero-order valence-corrected chi connectivity index (χ0v) is 12.7. The second-order valence-electron chi connectivity index (χ2n) is 7.11. The SMILES string of the molecule is CCC(C)(C)C1CCN(CC2CCNCC2)CC1. The molecule has 2 aliphatic rings. The summed E-state index contributed by atoms with van der Waals surface area (Å²) in [6, 6.07) is 0. The van der Waals surface area contributed by atoms with Gasteiger partial charge in [-0.15, -0.1) is 0 Å². The van der Waals surface area contributed by atoms with E-state index >= 15 is 0 Å². The molecule has 0 bridgehead atoms. The zero-order valence-electron chi connectivity index (χ0n) is 12.7. The van der Waals surface area contributed by atoms with Gasteiger partial charge >= 0.3 is 0 Å². The summed E-state index contributed by atoms with van der Waals surface area (Å²) < 4.78 is 0. The van der Waals surface area contributed by atoms with Gasteiger partial charge in [0.15, 0.2) is 0 Å². The third-order valence-electron chi connectivity index (χ3n) is 5.58. The van der Waals surface area contributed by atoms with Crippen molar-refractivity contribution in [2.24, 2.45) is 17.3 Å². The largest absolute Gasteiger partial charge is 0.317 e. The quantitative estimate of drug-likeness (QED) is 0.827. The maximum absolute atomic E-state index is 3.47. The first-order valence-corrected chi connectivity index (χ1v) is 8.05. The summed E-state index contributed by atoms with van der Waals surface area (Å²) in [6.45, 7) is 13.8. The van der Waals surface area contributed by atoms with Gasteiger partial charge < -0.3 is 10.2 Å². The van der Waals surface area contributed by atoms with Gasteiger partial charge in [0.05, 0.1) is 0 Å². The molecule has 0 saturated carbocycles. The molecule has 0 aliphatic carbocycles. The summed E-state index contributed by atoms with van der Waals surface area (Å²) in [5.74, 6) is 1.91. The second kappa shape index (κ2) is 6.38. The van der Waals surface area contributed by atoms with Crippen molar-refractivity contribution in [2.75, 3.05) is 32.7 Å². The Labute approximate surface area is 114 Å². The molecule has 0 aromatic carbocycles. The van der Waals surface area contributed by atoms with Gasteiger partial charge in [0.25, 0.3) is 0 Å². The Hall–Kier alpha value is -0.0800. The molecule has 0 aromatic heterocycles. The van der Waals surface area contributed by atoms with Gasteiger partial charge in [-0.2, -0.15) is 0 Å². The summed E-state index contributed by atoms with van der Waals surface area (Å²) in [5, 5.41) is 3.47. The summed E-state index contributed by atoms with van der Waals surface area (Å²) in [5.41, 5.74) is 0.556. The van der Waals surface area contributed by atoms with Crippen molar-refractivity contribution >= 4 is 0 Å². The van der Waals surface area contributed by atoms with Gasteiger partial charge in [-0.1, -0.05) is 27.2 Å². The van der Waals surface area contributed by atoms with Gasteiger partial charge in [-0.05, 0) is 69.1 Å². The van der Waals surface area contributed by atoms with E-state index in [1.54, 1.807) is 0 Å². The summed E-state index contributed by atoms with van der Waals surface area (Å²) >= 11 is 0. The average Bonchev–Trinajstić information content (AvgIpc) is 2.40. The Kier molecular flexibility index (Phi) is 5.08. The van der Waals surface area contributed by atoms with Crippen molar-refractivity contribution in [3.63, 3.8) is 0 Å². The van der Waals surface area contributed by atoms with Crippen LogP contribution in [0, 0.1) is 17.3 Å². The zero-order chi connectivity index (χ0) is 13.0. The molecule has 2 heteroatoms. The van der Waals surface area contributed by atoms with Crippen molar-refractivity contribution in [1.29, 1.82) is 0 Å². The Balaban J connectivity index is 1.73. The summed E-state index contributed by atoms with van der Waals surface area (Å²) in [7, 11) is 0.